The van der Waals surface area contributed by atoms with Crippen molar-refractivity contribution < 1.29 is 9.84 Å². The number of hydrogen-bond acceptors (Lipinski definition) is 4. The minimum Gasteiger partial charge on any atom is -0.394 e. The summed E-state index contributed by atoms with van der Waals surface area (Å²) in [6.45, 7) is 8.91. The molecule has 4 heteroatoms. The minimum atomic E-state index is -0.238. The van der Waals surface area contributed by atoms with Crippen LogP contribution >= 0.6 is 0 Å². The SMILES string of the molecule is CNC(C)(CO)CN(CCOC)C(C)C. The van der Waals surface area contributed by atoms with E-state index in [2.05, 4.69) is 24.1 Å². The molecule has 0 heterocycles. The van der Waals surface area contributed by atoms with Gasteiger partial charge < -0.3 is 15.2 Å². The Morgan fingerprint density at radius 1 is 1.47 bits per heavy atom. The van der Waals surface area contributed by atoms with Gasteiger partial charge in [0, 0.05) is 26.2 Å². The van der Waals surface area contributed by atoms with E-state index in [1.165, 1.54) is 0 Å². The number of aliphatic hydroxyl groups is 1. The van der Waals surface area contributed by atoms with Gasteiger partial charge in [0.2, 0.25) is 0 Å². The van der Waals surface area contributed by atoms with Crippen LogP contribution in [-0.2, 0) is 4.74 Å². The molecule has 0 fully saturated rings. The van der Waals surface area contributed by atoms with Crippen molar-refractivity contribution in [1.29, 1.82) is 0 Å². The zero-order valence-electron chi connectivity index (χ0n) is 10.7. The van der Waals surface area contributed by atoms with E-state index in [1.807, 2.05) is 14.0 Å². The number of aliphatic hydroxyl groups excluding tert-OH is 1. The highest BCUT2D eigenvalue weighted by Gasteiger charge is 2.25. The molecule has 0 saturated heterocycles. The maximum Gasteiger partial charge on any atom is 0.0623 e. The summed E-state index contributed by atoms with van der Waals surface area (Å²) in [6, 6.07) is 0.458. The van der Waals surface area contributed by atoms with Crippen LogP contribution in [-0.4, -0.2) is 62.0 Å². The fraction of sp³-hybridized carbons (Fsp3) is 1.00. The average Bonchev–Trinajstić information content (AvgIpc) is 2.23. The predicted molar refractivity (Wildman–Crippen MR) is 63.1 cm³/mol. The lowest BCUT2D eigenvalue weighted by Gasteiger charge is -2.36. The van der Waals surface area contributed by atoms with Gasteiger partial charge in [0.15, 0.2) is 0 Å². The first-order chi connectivity index (χ1) is 6.99. The van der Waals surface area contributed by atoms with Crippen LogP contribution in [0, 0.1) is 0 Å². The smallest absolute Gasteiger partial charge is 0.0623 e. The summed E-state index contributed by atoms with van der Waals surface area (Å²) in [4.78, 5) is 2.30. The van der Waals surface area contributed by atoms with E-state index in [4.69, 9.17) is 4.74 Å². The Morgan fingerprint density at radius 2 is 2.07 bits per heavy atom. The van der Waals surface area contributed by atoms with E-state index in [0.29, 0.717) is 6.04 Å². The standard InChI is InChI=1S/C11H26N2O2/c1-10(2)13(6-7-15-5)8-11(3,9-14)12-4/h10,12,14H,6-9H2,1-5H3. The molecule has 1 unspecified atom stereocenters. The molecule has 0 aromatic rings. The lowest BCUT2D eigenvalue weighted by Crippen LogP contribution is -2.54. The second-order valence-electron chi connectivity index (χ2n) is 4.53. The molecule has 1 atom stereocenters. The van der Waals surface area contributed by atoms with E-state index in [9.17, 15) is 5.11 Å². The monoisotopic (exact) mass is 218 g/mol. The Hall–Kier alpha value is -0.160. The van der Waals surface area contributed by atoms with Crippen LogP contribution in [0.1, 0.15) is 20.8 Å². The summed E-state index contributed by atoms with van der Waals surface area (Å²) in [5, 5.41) is 12.5. The number of hydrogen-bond donors (Lipinski definition) is 2. The van der Waals surface area contributed by atoms with E-state index in [1.54, 1.807) is 7.11 Å². The largest absolute Gasteiger partial charge is 0.394 e. The molecule has 0 aliphatic heterocycles. The van der Waals surface area contributed by atoms with Crippen LogP contribution in [0.4, 0.5) is 0 Å². The predicted octanol–water partition coefficient (Wildman–Crippen LogP) is 0.314. The molecule has 92 valence electrons. The van der Waals surface area contributed by atoms with Gasteiger partial charge in [-0.15, -0.1) is 0 Å². The van der Waals surface area contributed by atoms with Gasteiger partial charge in [-0.2, -0.15) is 0 Å². The third-order valence-electron chi connectivity index (χ3n) is 2.82. The van der Waals surface area contributed by atoms with Crippen molar-refractivity contribution in [3.63, 3.8) is 0 Å². The molecule has 4 nitrogen and oxygen atoms in total. The van der Waals surface area contributed by atoms with Crippen molar-refractivity contribution in [3.8, 4) is 0 Å². The Bertz CT molecular complexity index is 159. The third kappa shape index (κ3) is 5.47. The maximum atomic E-state index is 9.32. The van der Waals surface area contributed by atoms with Crippen molar-refractivity contribution >= 4 is 0 Å². The molecular weight excluding hydrogens is 192 g/mol. The molecule has 0 aromatic carbocycles. The normalized spacial score (nSPS) is 16.0. The van der Waals surface area contributed by atoms with Crippen LogP contribution < -0.4 is 5.32 Å². The van der Waals surface area contributed by atoms with Crippen molar-refractivity contribution in [2.24, 2.45) is 0 Å². The van der Waals surface area contributed by atoms with Crippen LogP contribution in [0.5, 0.6) is 0 Å². The van der Waals surface area contributed by atoms with Crippen molar-refractivity contribution in [2.45, 2.75) is 32.4 Å². The first-order valence-corrected chi connectivity index (χ1v) is 5.52. The second kappa shape index (κ2) is 7.17. The summed E-state index contributed by atoms with van der Waals surface area (Å²) in [6.07, 6.45) is 0. The van der Waals surface area contributed by atoms with Crippen molar-refractivity contribution in [2.75, 3.05) is 40.5 Å². The van der Waals surface area contributed by atoms with Gasteiger partial charge in [-0.3, -0.25) is 4.90 Å². The highest BCUT2D eigenvalue weighted by Crippen LogP contribution is 2.08. The van der Waals surface area contributed by atoms with Crippen molar-refractivity contribution in [3.05, 3.63) is 0 Å². The second-order valence-corrected chi connectivity index (χ2v) is 4.53. The summed E-state index contributed by atoms with van der Waals surface area (Å²) < 4.78 is 5.08. The Balaban J connectivity index is 4.25. The van der Waals surface area contributed by atoms with Gasteiger partial charge in [-0.1, -0.05) is 0 Å². The topological polar surface area (TPSA) is 44.7 Å². The molecule has 0 bridgehead atoms. The maximum absolute atomic E-state index is 9.32. The highest BCUT2D eigenvalue weighted by molar-refractivity contribution is 4.85. The van der Waals surface area contributed by atoms with Crippen LogP contribution in [0.3, 0.4) is 0 Å². The van der Waals surface area contributed by atoms with E-state index in [-0.39, 0.29) is 12.1 Å². The minimum absolute atomic E-state index is 0.139. The average molecular weight is 218 g/mol. The van der Waals surface area contributed by atoms with Crippen molar-refractivity contribution in [1.82, 2.24) is 10.2 Å². The van der Waals surface area contributed by atoms with Crippen LogP contribution in [0.25, 0.3) is 0 Å². The lowest BCUT2D eigenvalue weighted by atomic mass is 10.0. The van der Waals surface area contributed by atoms with Crippen LogP contribution in [0.2, 0.25) is 0 Å². The van der Waals surface area contributed by atoms with Gasteiger partial charge in [0.25, 0.3) is 0 Å². The molecular formula is C11H26N2O2. The molecule has 0 radical (unpaired) electrons. The summed E-state index contributed by atoms with van der Waals surface area (Å²) in [7, 11) is 3.59. The number of methoxy groups -OCH3 is 1. The van der Waals surface area contributed by atoms with Crippen LogP contribution in [0.15, 0.2) is 0 Å². The lowest BCUT2D eigenvalue weighted by molar-refractivity contribution is 0.0816. The molecule has 15 heavy (non-hydrogen) atoms. The number of nitrogens with zero attached hydrogens (tertiary/aromatic N) is 1. The Labute approximate surface area is 93.6 Å². The Morgan fingerprint density at radius 3 is 2.40 bits per heavy atom. The number of rotatable bonds is 8. The fourth-order valence-electron chi connectivity index (χ4n) is 1.38. The van der Waals surface area contributed by atoms with Gasteiger partial charge in [0.05, 0.1) is 18.8 Å². The fourth-order valence-corrected chi connectivity index (χ4v) is 1.38. The molecule has 0 aliphatic rings. The van der Waals surface area contributed by atoms with E-state index < -0.39 is 0 Å². The Kier molecular flexibility index (Phi) is 7.09. The molecule has 0 spiro atoms. The van der Waals surface area contributed by atoms with E-state index >= 15 is 0 Å². The number of ether oxygens (including phenoxy) is 1. The number of nitrogens with one attached hydrogen (secondary N) is 1. The number of likely N-dealkylation sites (N-methyl/N-ethyl adjacent to an activating group) is 1. The zero-order valence-corrected chi connectivity index (χ0v) is 10.7. The molecule has 0 saturated carbocycles. The summed E-state index contributed by atoms with van der Waals surface area (Å²) >= 11 is 0. The molecule has 0 rings (SSSR count). The molecule has 2 N–H and O–H groups in total. The third-order valence-corrected chi connectivity index (χ3v) is 2.82. The molecule has 0 aromatic heterocycles. The van der Waals surface area contributed by atoms with Gasteiger partial charge in [-0.25, -0.2) is 0 Å². The first-order valence-electron chi connectivity index (χ1n) is 5.52. The van der Waals surface area contributed by atoms with Gasteiger partial charge in [-0.05, 0) is 27.8 Å². The van der Waals surface area contributed by atoms with Gasteiger partial charge >= 0.3 is 0 Å². The summed E-state index contributed by atoms with van der Waals surface area (Å²) in [5.74, 6) is 0. The molecule has 0 aliphatic carbocycles. The summed E-state index contributed by atoms with van der Waals surface area (Å²) in [5.41, 5.74) is -0.238. The first kappa shape index (κ1) is 14.8. The zero-order chi connectivity index (χ0) is 11.9. The molecule has 0 amide bonds. The highest BCUT2D eigenvalue weighted by atomic mass is 16.5. The van der Waals surface area contributed by atoms with E-state index in [0.717, 1.165) is 19.7 Å². The van der Waals surface area contributed by atoms with Gasteiger partial charge in [0.1, 0.15) is 0 Å². The quantitative estimate of drug-likeness (QED) is 0.615.